The molecule has 0 fully saturated rings. The molecule has 0 aromatic rings. The SMILES string of the molecule is COCC(=S)NC1SC2=C(CC(C)(C(=O)O)C2)C1(C)C(=O)O. The van der Waals surface area contributed by atoms with Gasteiger partial charge in [0.1, 0.15) is 10.4 Å². The van der Waals surface area contributed by atoms with E-state index in [2.05, 4.69) is 5.32 Å². The van der Waals surface area contributed by atoms with E-state index in [4.69, 9.17) is 17.0 Å². The topological polar surface area (TPSA) is 95.9 Å². The van der Waals surface area contributed by atoms with Crippen LogP contribution in [0, 0.1) is 10.8 Å². The minimum Gasteiger partial charge on any atom is -0.481 e. The molecule has 0 spiro atoms. The van der Waals surface area contributed by atoms with Crippen LogP contribution in [0.3, 0.4) is 0 Å². The number of rotatable bonds is 5. The highest BCUT2D eigenvalue weighted by atomic mass is 32.2. The molecular weight excluding hydrogens is 326 g/mol. The van der Waals surface area contributed by atoms with Crippen molar-refractivity contribution >= 4 is 40.9 Å². The van der Waals surface area contributed by atoms with Crippen molar-refractivity contribution in [1.82, 2.24) is 5.32 Å². The summed E-state index contributed by atoms with van der Waals surface area (Å²) in [6.45, 7) is 3.51. The Morgan fingerprint density at radius 2 is 2.00 bits per heavy atom. The third-order valence-corrected chi connectivity index (χ3v) is 6.13. The molecule has 1 aliphatic carbocycles. The second-order valence-corrected chi connectivity index (χ2v) is 7.82. The van der Waals surface area contributed by atoms with E-state index in [9.17, 15) is 19.8 Å². The molecule has 8 heteroatoms. The molecule has 2 aliphatic rings. The largest absolute Gasteiger partial charge is 0.481 e. The van der Waals surface area contributed by atoms with Crippen molar-refractivity contribution in [2.75, 3.05) is 13.7 Å². The van der Waals surface area contributed by atoms with Crippen LogP contribution in [0.15, 0.2) is 10.5 Å². The van der Waals surface area contributed by atoms with E-state index >= 15 is 0 Å². The van der Waals surface area contributed by atoms with Gasteiger partial charge in [-0.15, -0.1) is 11.8 Å². The Kier molecular flexibility index (Phi) is 4.56. The zero-order valence-electron chi connectivity index (χ0n) is 12.6. The Labute approximate surface area is 138 Å². The van der Waals surface area contributed by atoms with E-state index in [0.29, 0.717) is 17.0 Å². The lowest BCUT2D eigenvalue weighted by molar-refractivity contribution is -0.149. The first kappa shape index (κ1) is 17.2. The van der Waals surface area contributed by atoms with Crippen molar-refractivity contribution in [3.05, 3.63) is 10.5 Å². The molecule has 0 radical (unpaired) electrons. The van der Waals surface area contributed by atoms with Crippen LogP contribution in [-0.4, -0.2) is 46.2 Å². The molecule has 2 rings (SSSR count). The second-order valence-electron chi connectivity index (χ2n) is 6.13. The Bertz CT molecular complexity index is 576. The van der Waals surface area contributed by atoms with Crippen LogP contribution in [0.1, 0.15) is 26.7 Å². The standard InChI is InChI=1S/C14H19NO5S2/c1-13(11(16)17)4-7-8(5-13)22-10(14(7,2)12(18)19)15-9(21)6-20-3/h10H,4-6H2,1-3H3,(H,15,21)(H,16,17)(H,18,19). The first-order chi connectivity index (χ1) is 10.1. The van der Waals surface area contributed by atoms with E-state index in [-0.39, 0.29) is 13.0 Å². The zero-order valence-corrected chi connectivity index (χ0v) is 14.3. The van der Waals surface area contributed by atoms with Gasteiger partial charge in [-0.05, 0) is 37.2 Å². The van der Waals surface area contributed by atoms with Crippen molar-refractivity contribution in [1.29, 1.82) is 0 Å². The molecule has 0 saturated carbocycles. The van der Waals surface area contributed by atoms with E-state index in [1.54, 1.807) is 13.8 Å². The van der Waals surface area contributed by atoms with Crippen LogP contribution in [0.4, 0.5) is 0 Å². The molecule has 0 aromatic heterocycles. The fraction of sp³-hybridized carbons (Fsp3) is 0.643. The molecule has 0 aromatic carbocycles. The number of methoxy groups -OCH3 is 1. The van der Waals surface area contributed by atoms with Gasteiger partial charge < -0.3 is 20.3 Å². The van der Waals surface area contributed by atoms with Gasteiger partial charge in [-0.1, -0.05) is 12.2 Å². The summed E-state index contributed by atoms with van der Waals surface area (Å²) in [5, 5.41) is 21.7. The Morgan fingerprint density at radius 3 is 2.50 bits per heavy atom. The molecule has 122 valence electrons. The van der Waals surface area contributed by atoms with Gasteiger partial charge in [-0.25, -0.2) is 0 Å². The summed E-state index contributed by atoms with van der Waals surface area (Å²) < 4.78 is 4.95. The van der Waals surface area contributed by atoms with Gasteiger partial charge in [0.25, 0.3) is 0 Å². The summed E-state index contributed by atoms with van der Waals surface area (Å²) in [5.41, 5.74) is -1.40. The van der Waals surface area contributed by atoms with Crippen LogP contribution in [0.5, 0.6) is 0 Å². The summed E-state index contributed by atoms with van der Waals surface area (Å²) in [7, 11) is 1.52. The molecule has 3 atom stereocenters. The maximum absolute atomic E-state index is 11.9. The van der Waals surface area contributed by atoms with Crippen molar-refractivity contribution in [2.24, 2.45) is 10.8 Å². The molecule has 3 unspecified atom stereocenters. The predicted octanol–water partition coefficient (Wildman–Crippen LogP) is 1.85. The third-order valence-electron chi connectivity index (χ3n) is 4.39. The lowest BCUT2D eigenvalue weighted by atomic mass is 9.77. The molecule has 1 heterocycles. The smallest absolute Gasteiger partial charge is 0.316 e. The van der Waals surface area contributed by atoms with Crippen LogP contribution in [0.2, 0.25) is 0 Å². The summed E-state index contributed by atoms with van der Waals surface area (Å²) in [6.07, 6.45) is 0.614. The van der Waals surface area contributed by atoms with Crippen LogP contribution >= 0.6 is 24.0 Å². The maximum Gasteiger partial charge on any atom is 0.316 e. The molecular formula is C14H19NO5S2. The zero-order chi connectivity index (χ0) is 16.7. The first-order valence-electron chi connectivity index (χ1n) is 6.79. The Morgan fingerprint density at radius 1 is 1.36 bits per heavy atom. The Balaban J connectivity index is 2.26. The van der Waals surface area contributed by atoms with Gasteiger partial charge in [0.15, 0.2) is 0 Å². The minimum atomic E-state index is -1.18. The van der Waals surface area contributed by atoms with Gasteiger partial charge in [-0.2, -0.15) is 0 Å². The van der Waals surface area contributed by atoms with Gasteiger partial charge in [-0.3, -0.25) is 9.59 Å². The average molecular weight is 345 g/mol. The van der Waals surface area contributed by atoms with Crippen LogP contribution in [-0.2, 0) is 14.3 Å². The number of carboxylic acid groups (broad SMARTS) is 2. The average Bonchev–Trinajstić information content (AvgIpc) is 2.86. The molecule has 6 nitrogen and oxygen atoms in total. The number of nitrogens with one attached hydrogen (secondary N) is 1. The van der Waals surface area contributed by atoms with Crippen molar-refractivity contribution in [2.45, 2.75) is 32.1 Å². The van der Waals surface area contributed by atoms with Gasteiger partial charge in [0.05, 0.1) is 17.4 Å². The number of aliphatic carboxylic acids is 2. The fourth-order valence-corrected chi connectivity index (χ4v) is 5.01. The fourth-order valence-electron chi connectivity index (χ4n) is 2.90. The second kappa shape index (κ2) is 5.82. The quantitative estimate of drug-likeness (QED) is 0.650. The van der Waals surface area contributed by atoms with Crippen molar-refractivity contribution in [3.63, 3.8) is 0 Å². The lowest BCUT2D eigenvalue weighted by Crippen LogP contribution is -2.48. The number of hydrogen-bond acceptors (Lipinski definition) is 5. The highest BCUT2D eigenvalue weighted by molar-refractivity contribution is 8.04. The normalized spacial score (nSPS) is 33.7. The predicted molar refractivity (Wildman–Crippen MR) is 86.7 cm³/mol. The Hall–Kier alpha value is -1.12. The summed E-state index contributed by atoms with van der Waals surface area (Å²) in [6, 6.07) is 0. The van der Waals surface area contributed by atoms with Crippen molar-refractivity contribution in [3.8, 4) is 0 Å². The maximum atomic E-state index is 11.9. The minimum absolute atomic E-state index is 0.222. The van der Waals surface area contributed by atoms with E-state index in [1.807, 2.05) is 0 Å². The summed E-state index contributed by atoms with van der Waals surface area (Å²) in [5.74, 6) is -1.87. The molecule has 3 N–H and O–H groups in total. The number of carbonyl (C=O) groups is 2. The summed E-state index contributed by atoms with van der Waals surface area (Å²) in [4.78, 5) is 24.6. The molecule has 0 bridgehead atoms. The van der Waals surface area contributed by atoms with Crippen molar-refractivity contribution < 1.29 is 24.5 Å². The van der Waals surface area contributed by atoms with Gasteiger partial charge in [0.2, 0.25) is 0 Å². The number of allylic oxidation sites excluding steroid dienone is 1. The number of thioether (sulfide) groups is 1. The van der Waals surface area contributed by atoms with E-state index in [0.717, 1.165) is 4.91 Å². The molecule has 0 amide bonds. The van der Waals surface area contributed by atoms with Crippen LogP contribution in [0.25, 0.3) is 0 Å². The lowest BCUT2D eigenvalue weighted by Gasteiger charge is -2.33. The summed E-state index contributed by atoms with van der Waals surface area (Å²) >= 11 is 6.51. The molecule has 22 heavy (non-hydrogen) atoms. The monoisotopic (exact) mass is 345 g/mol. The number of carboxylic acids is 2. The van der Waals surface area contributed by atoms with Gasteiger partial charge in [0, 0.05) is 7.11 Å². The van der Waals surface area contributed by atoms with E-state index < -0.39 is 28.1 Å². The number of thiocarbonyl (C=S) groups is 1. The number of ether oxygens (including phenoxy) is 1. The first-order valence-corrected chi connectivity index (χ1v) is 8.08. The van der Waals surface area contributed by atoms with E-state index in [1.165, 1.54) is 18.9 Å². The highest BCUT2D eigenvalue weighted by Gasteiger charge is 2.58. The number of hydrogen-bond donors (Lipinski definition) is 3. The third kappa shape index (κ3) is 2.63. The van der Waals surface area contributed by atoms with Crippen LogP contribution < -0.4 is 5.32 Å². The van der Waals surface area contributed by atoms with Gasteiger partial charge >= 0.3 is 11.9 Å². The highest BCUT2D eigenvalue weighted by Crippen LogP contribution is 2.60. The molecule has 1 aliphatic heterocycles. The molecule has 0 saturated heterocycles.